The molecule has 1 aromatic rings. The molecule has 0 saturated heterocycles. The molecule has 0 bridgehead atoms. The van der Waals surface area contributed by atoms with E-state index in [1.165, 1.54) is 12.0 Å². The van der Waals surface area contributed by atoms with E-state index < -0.39 is 0 Å². The van der Waals surface area contributed by atoms with Crippen molar-refractivity contribution in [3.8, 4) is 0 Å². The van der Waals surface area contributed by atoms with Crippen molar-refractivity contribution in [2.75, 3.05) is 26.8 Å². The highest BCUT2D eigenvalue weighted by atomic mass is 16.5. The van der Waals surface area contributed by atoms with Crippen LogP contribution in [0.25, 0.3) is 0 Å². The van der Waals surface area contributed by atoms with Crippen molar-refractivity contribution in [1.82, 2.24) is 10.3 Å². The summed E-state index contributed by atoms with van der Waals surface area (Å²) in [7, 11) is 1.75. The van der Waals surface area contributed by atoms with Gasteiger partial charge in [-0.3, -0.25) is 4.98 Å². The Labute approximate surface area is 91.9 Å². The minimum absolute atomic E-state index is 0.867. The van der Waals surface area contributed by atoms with E-state index in [-0.39, 0.29) is 0 Å². The summed E-state index contributed by atoms with van der Waals surface area (Å²) in [6.45, 7) is 2.98. The zero-order valence-electron chi connectivity index (χ0n) is 9.41. The molecule has 3 nitrogen and oxygen atoms in total. The average molecular weight is 208 g/mol. The molecular formula is C12H20N2O. The lowest BCUT2D eigenvalue weighted by Gasteiger charge is -2.04. The van der Waals surface area contributed by atoms with Gasteiger partial charge < -0.3 is 10.1 Å². The van der Waals surface area contributed by atoms with Crippen LogP contribution in [0.4, 0.5) is 0 Å². The van der Waals surface area contributed by atoms with Crippen LogP contribution in [0.3, 0.4) is 0 Å². The molecule has 3 heteroatoms. The summed E-state index contributed by atoms with van der Waals surface area (Å²) < 4.78 is 4.98. The van der Waals surface area contributed by atoms with Gasteiger partial charge in [-0.15, -0.1) is 0 Å². The van der Waals surface area contributed by atoms with Crippen molar-refractivity contribution in [3.63, 3.8) is 0 Å². The van der Waals surface area contributed by atoms with E-state index in [1.807, 2.05) is 12.4 Å². The molecule has 0 unspecified atom stereocenters. The van der Waals surface area contributed by atoms with E-state index in [9.17, 15) is 0 Å². The lowest BCUT2D eigenvalue weighted by molar-refractivity contribution is 0.192. The Morgan fingerprint density at radius 1 is 1.20 bits per heavy atom. The molecule has 1 heterocycles. The molecule has 0 radical (unpaired) electrons. The Bertz CT molecular complexity index is 239. The number of methoxy groups -OCH3 is 1. The van der Waals surface area contributed by atoms with Gasteiger partial charge in [-0.05, 0) is 50.0 Å². The minimum atomic E-state index is 0.867. The molecule has 84 valence electrons. The van der Waals surface area contributed by atoms with Gasteiger partial charge in [0.15, 0.2) is 0 Å². The number of pyridine rings is 1. The molecule has 0 fully saturated rings. The molecular weight excluding hydrogens is 188 g/mol. The largest absolute Gasteiger partial charge is 0.385 e. The fourth-order valence-electron chi connectivity index (χ4n) is 1.40. The van der Waals surface area contributed by atoms with Crippen LogP contribution >= 0.6 is 0 Å². The molecule has 0 atom stereocenters. The summed E-state index contributed by atoms with van der Waals surface area (Å²) in [4.78, 5) is 3.99. The second kappa shape index (κ2) is 8.38. The van der Waals surface area contributed by atoms with Gasteiger partial charge in [-0.1, -0.05) is 0 Å². The number of ether oxygens (including phenoxy) is 1. The number of rotatable bonds is 8. The summed E-state index contributed by atoms with van der Waals surface area (Å²) >= 11 is 0. The first kappa shape index (κ1) is 12.1. The summed E-state index contributed by atoms with van der Waals surface area (Å²) in [6.07, 6.45) is 7.08. The molecule has 1 rings (SSSR count). The standard InChI is InChI=1S/C12H20N2O/c1-15-11-3-2-7-13-8-4-12-5-9-14-10-6-12/h5-6,9-10,13H,2-4,7-8,11H2,1H3. The summed E-state index contributed by atoms with van der Waals surface area (Å²) in [5.74, 6) is 0. The van der Waals surface area contributed by atoms with Crippen LogP contribution in [0.5, 0.6) is 0 Å². The first-order valence-electron chi connectivity index (χ1n) is 5.52. The number of aromatic nitrogens is 1. The Kier molecular flexibility index (Phi) is 6.79. The van der Waals surface area contributed by atoms with Gasteiger partial charge in [0, 0.05) is 26.1 Å². The second-order valence-electron chi connectivity index (χ2n) is 3.56. The molecule has 1 N–H and O–H groups in total. The van der Waals surface area contributed by atoms with Crippen LogP contribution in [0.1, 0.15) is 18.4 Å². The fraction of sp³-hybridized carbons (Fsp3) is 0.583. The SMILES string of the molecule is COCCCCNCCc1ccncc1. The molecule has 1 aromatic heterocycles. The van der Waals surface area contributed by atoms with Gasteiger partial charge >= 0.3 is 0 Å². The second-order valence-corrected chi connectivity index (χ2v) is 3.56. The van der Waals surface area contributed by atoms with Crippen LogP contribution in [0.2, 0.25) is 0 Å². The van der Waals surface area contributed by atoms with E-state index in [0.29, 0.717) is 0 Å². The van der Waals surface area contributed by atoms with Gasteiger partial charge in [-0.2, -0.15) is 0 Å². The van der Waals surface area contributed by atoms with Crippen LogP contribution in [-0.4, -0.2) is 31.8 Å². The predicted molar refractivity (Wildman–Crippen MR) is 61.9 cm³/mol. The van der Waals surface area contributed by atoms with Crippen molar-refractivity contribution in [2.24, 2.45) is 0 Å². The van der Waals surface area contributed by atoms with Crippen LogP contribution < -0.4 is 5.32 Å². The topological polar surface area (TPSA) is 34.1 Å². The molecule has 0 amide bonds. The van der Waals surface area contributed by atoms with E-state index >= 15 is 0 Å². The Hall–Kier alpha value is -0.930. The highest BCUT2D eigenvalue weighted by Crippen LogP contribution is 1.96. The third-order valence-electron chi connectivity index (χ3n) is 2.29. The molecule has 0 aliphatic heterocycles. The molecule has 0 spiro atoms. The Morgan fingerprint density at radius 2 is 2.00 bits per heavy atom. The van der Waals surface area contributed by atoms with Gasteiger partial charge in [0.25, 0.3) is 0 Å². The van der Waals surface area contributed by atoms with E-state index in [2.05, 4.69) is 22.4 Å². The molecule has 0 saturated carbocycles. The Balaban J connectivity index is 1.93. The first-order chi connectivity index (χ1) is 7.43. The smallest absolute Gasteiger partial charge is 0.0462 e. The Morgan fingerprint density at radius 3 is 2.73 bits per heavy atom. The van der Waals surface area contributed by atoms with E-state index in [4.69, 9.17) is 4.74 Å². The third kappa shape index (κ3) is 6.20. The normalized spacial score (nSPS) is 10.5. The van der Waals surface area contributed by atoms with E-state index in [0.717, 1.165) is 32.5 Å². The zero-order chi connectivity index (χ0) is 10.8. The maximum atomic E-state index is 4.98. The highest BCUT2D eigenvalue weighted by molar-refractivity contribution is 5.09. The number of hydrogen-bond acceptors (Lipinski definition) is 3. The minimum Gasteiger partial charge on any atom is -0.385 e. The maximum absolute atomic E-state index is 4.98. The highest BCUT2D eigenvalue weighted by Gasteiger charge is 1.91. The van der Waals surface area contributed by atoms with Crippen molar-refractivity contribution >= 4 is 0 Å². The van der Waals surface area contributed by atoms with Crippen molar-refractivity contribution in [3.05, 3.63) is 30.1 Å². The van der Waals surface area contributed by atoms with Gasteiger partial charge in [-0.25, -0.2) is 0 Å². The van der Waals surface area contributed by atoms with Gasteiger partial charge in [0.1, 0.15) is 0 Å². The third-order valence-corrected chi connectivity index (χ3v) is 2.29. The monoisotopic (exact) mass is 208 g/mol. The van der Waals surface area contributed by atoms with Crippen molar-refractivity contribution < 1.29 is 4.74 Å². The summed E-state index contributed by atoms with van der Waals surface area (Å²) in [5.41, 5.74) is 1.34. The van der Waals surface area contributed by atoms with Gasteiger partial charge in [0.2, 0.25) is 0 Å². The summed E-state index contributed by atoms with van der Waals surface area (Å²) in [6, 6.07) is 4.12. The molecule has 15 heavy (non-hydrogen) atoms. The van der Waals surface area contributed by atoms with Crippen molar-refractivity contribution in [1.29, 1.82) is 0 Å². The van der Waals surface area contributed by atoms with Crippen molar-refractivity contribution in [2.45, 2.75) is 19.3 Å². The van der Waals surface area contributed by atoms with Gasteiger partial charge in [0.05, 0.1) is 0 Å². The number of unbranched alkanes of at least 4 members (excludes halogenated alkanes) is 1. The molecule has 0 aliphatic rings. The fourth-order valence-corrected chi connectivity index (χ4v) is 1.40. The number of nitrogens with one attached hydrogen (secondary N) is 1. The maximum Gasteiger partial charge on any atom is 0.0462 e. The number of nitrogens with zero attached hydrogens (tertiary/aromatic N) is 1. The zero-order valence-corrected chi connectivity index (χ0v) is 9.41. The lowest BCUT2D eigenvalue weighted by Crippen LogP contribution is -2.18. The summed E-state index contributed by atoms with van der Waals surface area (Å²) in [5, 5.41) is 3.42. The first-order valence-corrected chi connectivity index (χ1v) is 5.52. The van der Waals surface area contributed by atoms with Crippen LogP contribution in [0, 0.1) is 0 Å². The quantitative estimate of drug-likeness (QED) is 0.659. The lowest BCUT2D eigenvalue weighted by atomic mass is 10.2. The number of hydrogen-bond donors (Lipinski definition) is 1. The molecule has 0 aromatic carbocycles. The van der Waals surface area contributed by atoms with Crippen LogP contribution in [-0.2, 0) is 11.2 Å². The predicted octanol–water partition coefficient (Wildman–Crippen LogP) is 1.64. The molecule has 0 aliphatic carbocycles. The average Bonchev–Trinajstić information content (AvgIpc) is 2.29. The van der Waals surface area contributed by atoms with E-state index in [1.54, 1.807) is 7.11 Å². The van der Waals surface area contributed by atoms with Crippen LogP contribution in [0.15, 0.2) is 24.5 Å².